The fraction of sp³-hybridized carbons (Fsp3) is 0.545. The second kappa shape index (κ2) is 5.56. The van der Waals surface area contributed by atoms with Crippen molar-refractivity contribution in [2.24, 2.45) is 5.73 Å². The maximum Gasteiger partial charge on any atom is 0.339 e. The molecule has 0 radical (unpaired) electrons. The van der Waals surface area contributed by atoms with Gasteiger partial charge in [-0.05, 0) is 27.2 Å². The highest BCUT2D eigenvalue weighted by Crippen LogP contribution is 2.14. The quantitative estimate of drug-likeness (QED) is 0.640. The summed E-state index contributed by atoms with van der Waals surface area (Å²) in [6.07, 6.45) is 4.27. The van der Waals surface area contributed by atoms with E-state index in [1.165, 1.54) is 7.11 Å². The van der Waals surface area contributed by atoms with Crippen LogP contribution in [0.2, 0.25) is 0 Å². The van der Waals surface area contributed by atoms with Gasteiger partial charge in [0.05, 0.1) is 18.3 Å². The average molecular weight is 213 g/mol. The van der Waals surface area contributed by atoms with Crippen LogP contribution in [0, 0.1) is 0 Å². The molecule has 0 heterocycles. The smallest absolute Gasteiger partial charge is 0.339 e. The summed E-state index contributed by atoms with van der Waals surface area (Å²) in [7, 11) is 1.34. The van der Waals surface area contributed by atoms with Crippen LogP contribution in [0.25, 0.3) is 0 Å². The van der Waals surface area contributed by atoms with Crippen molar-refractivity contribution in [3.05, 3.63) is 23.4 Å². The first-order chi connectivity index (χ1) is 6.75. The minimum atomic E-state index is -0.500. The van der Waals surface area contributed by atoms with E-state index < -0.39 is 5.60 Å². The van der Waals surface area contributed by atoms with E-state index in [0.717, 1.165) is 6.42 Å². The normalized spacial score (nSPS) is 14.7. The van der Waals surface area contributed by atoms with E-state index in [1.54, 1.807) is 32.9 Å². The summed E-state index contributed by atoms with van der Waals surface area (Å²) < 4.78 is 4.48. The van der Waals surface area contributed by atoms with Crippen LogP contribution >= 0.6 is 0 Å². The summed E-state index contributed by atoms with van der Waals surface area (Å²) in [4.78, 5) is 10.8. The van der Waals surface area contributed by atoms with E-state index >= 15 is 0 Å². The van der Waals surface area contributed by atoms with Crippen LogP contribution in [-0.4, -0.2) is 23.8 Å². The third kappa shape index (κ3) is 6.74. The fourth-order valence-corrected chi connectivity index (χ4v) is 0.843. The summed E-state index contributed by atoms with van der Waals surface area (Å²) in [6.45, 7) is 5.23. The fourth-order valence-electron chi connectivity index (χ4n) is 0.843. The Morgan fingerprint density at radius 1 is 1.47 bits per heavy atom. The molecular formula is C11H19NO3. The summed E-state index contributed by atoms with van der Waals surface area (Å²) in [6, 6.07) is 0. The van der Waals surface area contributed by atoms with Crippen LogP contribution in [0.1, 0.15) is 27.2 Å². The summed E-state index contributed by atoms with van der Waals surface area (Å²) in [5.41, 5.74) is 5.96. The molecule has 0 saturated carbocycles. The van der Waals surface area contributed by atoms with E-state index in [4.69, 9.17) is 10.8 Å². The molecule has 1 aliphatic carbocycles. The molecule has 4 heteroatoms. The third-order valence-electron chi connectivity index (χ3n) is 1.38. The number of ether oxygens (including phenoxy) is 1. The van der Waals surface area contributed by atoms with Gasteiger partial charge in [0.2, 0.25) is 0 Å². The predicted octanol–water partition coefficient (Wildman–Crippen LogP) is 1.11. The lowest BCUT2D eigenvalue weighted by Crippen LogP contribution is -2.10. The number of methoxy groups -OCH3 is 1. The average Bonchev–Trinajstić information content (AvgIpc) is 2.47. The van der Waals surface area contributed by atoms with Crippen molar-refractivity contribution in [1.29, 1.82) is 0 Å². The van der Waals surface area contributed by atoms with Gasteiger partial charge in [0.15, 0.2) is 0 Å². The molecule has 0 aromatic carbocycles. The van der Waals surface area contributed by atoms with Crippen LogP contribution in [0.4, 0.5) is 0 Å². The second-order valence-electron chi connectivity index (χ2n) is 4.18. The van der Waals surface area contributed by atoms with E-state index in [0.29, 0.717) is 11.3 Å². The molecule has 3 N–H and O–H groups in total. The zero-order valence-corrected chi connectivity index (χ0v) is 9.70. The number of nitrogens with two attached hydrogens (primary N) is 1. The molecule has 4 nitrogen and oxygen atoms in total. The minimum Gasteiger partial charge on any atom is -0.465 e. The van der Waals surface area contributed by atoms with Crippen molar-refractivity contribution in [3.8, 4) is 0 Å². The van der Waals surface area contributed by atoms with Crippen molar-refractivity contribution in [2.75, 3.05) is 7.11 Å². The molecule has 1 rings (SSSR count). The molecule has 0 fully saturated rings. The summed E-state index contributed by atoms with van der Waals surface area (Å²) in [5, 5.41) is 8.52. The van der Waals surface area contributed by atoms with Gasteiger partial charge in [0.25, 0.3) is 0 Å². The Hall–Kier alpha value is -1.29. The number of esters is 1. The van der Waals surface area contributed by atoms with Gasteiger partial charge in [0, 0.05) is 5.70 Å². The van der Waals surface area contributed by atoms with Crippen molar-refractivity contribution in [3.63, 3.8) is 0 Å². The van der Waals surface area contributed by atoms with Gasteiger partial charge >= 0.3 is 5.97 Å². The number of hydrogen-bond donors (Lipinski definition) is 2. The first-order valence-corrected chi connectivity index (χ1v) is 4.72. The van der Waals surface area contributed by atoms with Gasteiger partial charge < -0.3 is 15.6 Å². The Morgan fingerprint density at radius 3 is 2.20 bits per heavy atom. The Bertz CT molecular complexity index is 279. The van der Waals surface area contributed by atoms with Gasteiger partial charge in [-0.3, -0.25) is 0 Å². The minimum absolute atomic E-state index is 0.355. The molecule has 0 unspecified atom stereocenters. The number of rotatable bonds is 1. The Labute approximate surface area is 90.4 Å². The van der Waals surface area contributed by atoms with Crippen LogP contribution in [0.3, 0.4) is 0 Å². The molecule has 0 saturated heterocycles. The standard InChI is InChI=1S/C7H9NO2.C4H10O/c1-10-7(9)5-3-2-4-6(5)8;1-4(2,3)5/h3-4H,2,8H2,1H3;5H,1-3H3. The zero-order valence-electron chi connectivity index (χ0n) is 9.70. The Balaban J connectivity index is 0.000000336. The SMILES string of the molecule is CC(C)(C)O.COC(=O)C1=CCC=C1N. The number of carbonyl (C=O) groups excluding carboxylic acids is 1. The van der Waals surface area contributed by atoms with Crippen molar-refractivity contribution < 1.29 is 14.6 Å². The molecular weight excluding hydrogens is 194 g/mol. The highest BCUT2D eigenvalue weighted by molar-refractivity contribution is 5.93. The van der Waals surface area contributed by atoms with E-state index in [1.807, 2.05) is 0 Å². The molecule has 0 spiro atoms. The van der Waals surface area contributed by atoms with E-state index in [9.17, 15) is 4.79 Å². The van der Waals surface area contributed by atoms with Crippen molar-refractivity contribution >= 4 is 5.97 Å². The maximum atomic E-state index is 10.8. The van der Waals surface area contributed by atoms with Gasteiger partial charge in [-0.15, -0.1) is 0 Å². The van der Waals surface area contributed by atoms with Crippen LogP contribution in [-0.2, 0) is 9.53 Å². The topological polar surface area (TPSA) is 72.5 Å². The molecule has 0 aromatic rings. The Morgan fingerprint density at radius 2 is 1.93 bits per heavy atom. The molecule has 15 heavy (non-hydrogen) atoms. The lowest BCUT2D eigenvalue weighted by atomic mass is 10.2. The summed E-state index contributed by atoms with van der Waals surface area (Å²) >= 11 is 0. The largest absolute Gasteiger partial charge is 0.465 e. The van der Waals surface area contributed by atoms with Crippen molar-refractivity contribution in [2.45, 2.75) is 32.8 Å². The monoisotopic (exact) mass is 213 g/mol. The highest BCUT2D eigenvalue weighted by atomic mass is 16.5. The van der Waals surface area contributed by atoms with Gasteiger partial charge in [-0.2, -0.15) is 0 Å². The number of allylic oxidation sites excluding steroid dienone is 2. The Kier molecular flexibility index (Phi) is 5.08. The van der Waals surface area contributed by atoms with Crippen LogP contribution < -0.4 is 5.73 Å². The first-order valence-electron chi connectivity index (χ1n) is 4.72. The van der Waals surface area contributed by atoms with E-state index in [-0.39, 0.29) is 5.97 Å². The predicted molar refractivity (Wildman–Crippen MR) is 59.0 cm³/mol. The molecule has 0 bridgehead atoms. The van der Waals surface area contributed by atoms with Crippen LogP contribution in [0.15, 0.2) is 23.4 Å². The van der Waals surface area contributed by atoms with Gasteiger partial charge in [-0.25, -0.2) is 4.79 Å². The highest BCUT2D eigenvalue weighted by Gasteiger charge is 2.14. The molecule has 1 aliphatic rings. The lowest BCUT2D eigenvalue weighted by Gasteiger charge is -2.04. The molecule has 0 atom stereocenters. The number of aliphatic hydroxyl groups is 1. The molecule has 86 valence electrons. The molecule has 0 aromatic heterocycles. The van der Waals surface area contributed by atoms with Gasteiger partial charge in [0.1, 0.15) is 0 Å². The molecule has 0 amide bonds. The third-order valence-corrected chi connectivity index (χ3v) is 1.38. The second-order valence-corrected chi connectivity index (χ2v) is 4.18. The lowest BCUT2D eigenvalue weighted by molar-refractivity contribution is -0.135. The van der Waals surface area contributed by atoms with E-state index in [2.05, 4.69) is 4.74 Å². The maximum absolute atomic E-state index is 10.8. The first kappa shape index (κ1) is 13.7. The number of carbonyl (C=O) groups is 1. The van der Waals surface area contributed by atoms with Crippen LogP contribution in [0.5, 0.6) is 0 Å². The zero-order chi connectivity index (χ0) is 12.1. The molecule has 0 aliphatic heterocycles. The van der Waals surface area contributed by atoms with Crippen molar-refractivity contribution in [1.82, 2.24) is 0 Å². The van der Waals surface area contributed by atoms with Gasteiger partial charge in [-0.1, -0.05) is 12.2 Å². The summed E-state index contributed by atoms with van der Waals surface area (Å²) in [5.74, 6) is -0.355. The number of hydrogen-bond acceptors (Lipinski definition) is 4.